The zero-order valence-corrected chi connectivity index (χ0v) is 14.6. The number of hydrogen-bond acceptors (Lipinski definition) is 6. The number of allylic oxidation sites excluding steroid dienone is 1. The van der Waals surface area contributed by atoms with Crippen LogP contribution in [0.5, 0.6) is 0 Å². The SMILES string of the molecule is Cn1cc(NC(=O)c2cccc(/C(C=N)=C/NCCCl)n2)c(C(=O)O)n1. The van der Waals surface area contributed by atoms with Crippen molar-refractivity contribution >= 4 is 41.0 Å². The Morgan fingerprint density at radius 2 is 2.12 bits per heavy atom. The smallest absolute Gasteiger partial charge is 0.358 e. The number of nitrogens with one attached hydrogen (secondary N) is 3. The van der Waals surface area contributed by atoms with Gasteiger partial charge >= 0.3 is 5.97 Å². The lowest BCUT2D eigenvalue weighted by Crippen LogP contribution is -2.16. The van der Waals surface area contributed by atoms with Gasteiger partial charge in [-0.2, -0.15) is 5.10 Å². The minimum atomic E-state index is -1.25. The zero-order valence-electron chi connectivity index (χ0n) is 13.9. The molecule has 0 unspecified atom stereocenters. The molecule has 0 fully saturated rings. The largest absolute Gasteiger partial charge is 0.476 e. The molecule has 0 aliphatic heterocycles. The average Bonchev–Trinajstić information content (AvgIpc) is 2.99. The number of nitrogens with zero attached hydrogens (tertiary/aromatic N) is 3. The molecule has 2 heterocycles. The third kappa shape index (κ3) is 4.67. The number of amides is 1. The van der Waals surface area contributed by atoms with Gasteiger partial charge in [0.05, 0.1) is 11.4 Å². The number of carboxylic acid groups (broad SMARTS) is 1. The van der Waals surface area contributed by atoms with Crippen LogP contribution in [0.25, 0.3) is 5.57 Å². The maximum atomic E-state index is 12.4. The number of pyridine rings is 1. The van der Waals surface area contributed by atoms with Crippen molar-refractivity contribution in [2.24, 2.45) is 7.05 Å². The summed E-state index contributed by atoms with van der Waals surface area (Å²) in [5, 5.41) is 25.8. The van der Waals surface area contributed by atoms with E-state index >= 15 is 0 Å². The minimum Gasteiger partial charge on any atom is -0.476 e. The van der Waals surface area contributed by atoms with E-state index in [0.717, 1.165) is 6.21 Å². The molecule has 136 valence electrons. The van der Waals surface area contributed by atoms with Gasteiger partial charge in [-0.1, -0.05) is 6.07 Å². The molecule has 0 aliphatic carbocycles. The Morgan fingerprint density at radius 1 is 1.38 bits per heavy atom. The molecule has 2 aromatic rings. The monoisotopic (exact) mass is 376 g/mol. The quantitative estimate of drug-likeness (QED) is 0.314. The molecule has 0 bridgehead atoms. The highest BCUT2D eigenvalue weighted by Crippen LogP contribution is 2.15. The Bertz CT molecular complexity index is 861. The Labute approximate surface area is 154 Å². The van der Waals surface area contributed by atoms with Crippen LogP contribution in [-0.2, 0) is 7.05 Å². The molecule has 0 saturated carbocycles. The van der Waals surface area contributed by atoms with Crippen LogP contribution >= 0.6 is 11.6 Å². The fourth-order valence-corrected chi connectivity index (χ4v) is 2.18. The van der Waals surface area contributed by atoms with E-state index in [0.29, 0.717) is 23.7 Å². The molecule has 0 aliphatic rings. The van der Waals surface area contributed by atoms with Gasteiger partial charge in [0.2, 0.25) is 0 Å². The normalized spacial score (nSPS) is 11.1. The molecule has 4 N–H and O–H groups in total. The minimum absolute atomic E-state index is 0.0730. The predicted molar refractivity (Wildman–Crippen MR) is 97.8 cm³/mol. The summed E-state index contributed by atoms with van der Waals surface area (Å²) in [7, 11) is 1.55. The third-order valence-electron chi connectivity index (χ3n) is 3.21. The average molecular weight is 377 g/mol. The van der Waals surface area contributed by atoms with Crippen molar-refractivity contribution in [3.05, 3.63) is 47.7 Å². The van der Waals surface area contributed by atoms with Crippen LogP contribution in [0.4, 0.5) is 5.69 Å². The maximum Gasteiger partial charge on any atom is 0.358 e. The standard InChI is InChI=1S/C16H17ClN6O3/c1-23-9-13(14(22-23)16(25)26)21-15(24)12-4-2-3-11(20-12)10(7-18)8-19-6-5-17/h2-4,7-9,18-19H,5-6H2,1H3,(H,21,24)(H,25,26)/b10-8+,18-7?. The second kappa shape index (κ2) is 8.77. The van der Waals surface area contributed by atoms with Gasteiger partial charge in [0, 0.05) is 43.7 Å². The first-order valence-corrected chi connectivity index (χ1v) is 8.05. The van der Waals surface area contributed by atoms with Crippen molar-refractivity contribution in [3.8, 4) is 0 Å². The van der Waals surface area contributed by atoms with E-state index in [4.69, 9.17) is 22.1 Å². The summed E-state index contributed by atoms with van der Waals surface area (Å²) in [6, 6.07) is 4.77. The van der Waals surface area contributed by atoms with Gasteiger partial charge in [0.15, 0.2) is 5.69 Å². The van der Waals surface area contributed by atoms with Gasteiger partial charge in [-0.25, -0.2) is 9.78 Å². The molecular formula is C16H17ClN6O3. The Kier molecular flexibility index (Phi) is 6.45. The van der Waals surface area contributed by atoms with E-state index in [9.17, 15) is 9.59 Å². The first-order valence-electron chi connectivity index (χ1n) is 7.52. The van der Waals surface area contributed by atoms with E-state index in [2.05, 4.69) is 20.7 Å². The van der Waals surface area contributed by atoms with E-state index in [-0.39, 0.29) is 17.1 Å². The number of aromatic carboxylic acids is 1. The Hall–Kier alpha value is -3.20. The van der Waals surface area contributed by atoms with Crippen molar-refractivity contribution in [2.45, 2.75) is 0 Å². The molecule has 2 rings (SSSR count). The molecule has 26 heavy (non-hydrogen) atoms. The molecule has 1 amide bonds. The molecular weight excluding hydrogens is 360 g/mol. The van der Waals surface area contributed by atoms with Crippen molar-refractivity contribution < 1.29 is 14.7 Å². The number of anilines is 1. The van der Waals surface area contributed by atoms with E-state index in [1.54, 1.807) is 25.4 Å². The molecule has 9 nitrogen and oxygen atoms in total. The highest BCUT2D eigenvalue weighted by atomic mass is 35.5. The molecule has 0 aromatic carbocycles. The Morgan fingerprint density at radius 3 is 2.77 bits per heavy atom. The molecule has 0 saturated heterocycles. The van der Waals surface area contributed by atoms with Gasteiger partial charge in [-0.15, -0.1) is 11.6 Å². The number of carbonyl (C=O) groups is 2. The molecule has 0 spiro atoms. The number of carboxylic acids is 1. The van der Waals surface area contributed by atoms with Crippen LogP contribution in [0.15, 0.2) is 30.6 Å². The second-order valence-electron chi connectivity index (χ2n) is 5.12. The summed E-state index contributed by atoms with van der Waals surface area (Å²) in [5.41, 5.74) is 0.774. The fraction of sp³-hybridized carbons (Fsp3) is 0.188. The lowest BCUT2D eigenvalue weighted by molar-refractivity contribution is 0.0690. The van der Waals surface area contributed by atoms with Crippen molar-refractivity contribution in [1.82, 2.24) is 20.1 Å². The van der Waals surface area contributed by atoms with Gasteiger partial charge in [-0.05, 0) is 12.1 Å². The number of rotatable bonds is 8. The maximum absolute atomic E-state index is 12.4. The molecule has 10 heteroatoms. The second-order valence-corrected chi connectivity index (χ2v) is 5.50. The number of aromatic nitrogens is 3. The number of alkyl halides is 1. The molecule has 2 aromatic heterocycles. The van der Waals surface area contributed by atoms with Gasteiger partial charge < -0.3 is 21.1 Å². The Balaban J connectivity index is 2.24. The highest BCUT2D eigenvalue weighted by Gasteiger charge is 2.18. The summed E-state index contributed by atoms with van der Waals surface area (Å²) in [4.78, 5) is 27.8. The number of halogens is 1. The predicted octanol–water partition coefficient (Wildman–Crippen LogP) is 1.58. The fourth-order valence-electron chi connectivity index (χ4n) is 2.07. The summed E-state index contributed by atoms with van der Waals surface area (Å²) in [5.74, 6) is -1.42. The van der Waals surface area contributed by atoms with E-state index in [1.807, 2.05) is 0 Å². The highest BCUT2D eigenvalue weighted by molar-refractivity contribution is 6.18. The van der Waals surface area contributed by atoms with Crippen LogP contribution < -0.4 is 10.6 Å². The first kappa shape index (κ1) is 19.1. The zero-order chi connectivity index (χ0) is 19.1. The number of carbonyl (C=O) groups excluding carboxylic acids is 1. The van der Waals surface area contributed by atoms with Crippen LogP contribution in [0, 0.1) is 5.41 Å². The summed E-state index contributed by atoms with van der Waals surface area (Å²) in [6.07, 6.45) is 4.09. The van der Waals surface area contributed by atoms with Crippen LogP contribution in [-0.4, -0.2) is 50.4 Å². The van der Waals surface area contributed by atoms with Crippen LogP contribution in [0.2, 0.25) is 0 Å². The topological polar surface area (TPSA) is 133 Å². The summed E-state index contributed by atoms with van der Waals surface area (Å²) < 4.78 is 1.29. The van der Waals surface area contributed by atoms with Crippen molar-refractivity contribution in [3.63, 3.8) is 0 Å². The van der Waals surface area contributed by atoms with E-state index in [1.165, 1.54) is 16.9 Å². The van der Waals surface area contributed by atoms with Gasteiger partial charge in [0.1, 0.15) is 5.69 Å². The molecule has 0 atom stereocenters. The van der Waals surface area contributed by atoms with Crippen molar-refractivity contribution in [2.75, 3.05) is 17.7 Å². The van der Waals surface area contributed by atoms with E-state index < -0.39 is 11.9 Å². The lowest BCUT2D eigenvalue weighted by atomic mass is 10.2. The first-order chi connectivity index (χ1) is 12.5. The summed E-state index contributed by atoms with van der Waals surface area (Å²) in [6.45, 7) is 0.526. The lowest BCUT2D eigenvalue weighted by Gasteiger charge is -2.06. The number of hydrogen-bond donors (Lipinski definition) is 4. The number of aryl methyl sites for hydroxylation is 1. The van der Waals surface area contributed by atoms with Crippen LogP contribution in [0.3, 0.4) is 0 Å². The summed E-state index contributed by atoms with van der Waals surface area (Å²) >= 11 is 5.59. The van der Waals surface area contributed by atoms with Crippen molar-refractivity contribution in [1.29, 1.82) is 5.41 Å². The van der Waals surface area contributed by atoms with Crippen LogP contribution in [0.1, 0.15) is 26.7 Å². The third-order valence-corrected chi connectivity index (χ3v) is 3.40. The molecule has 0 radical (unpaired) electrons. The van der Waals surface area contributed by atoms with Gasteiger partial charge in [-0.3, -0.25) is 9.48 Å². The van der Waals surface area contributed by atoms with Gasteiger partial charge in [0.25, 0.3) is 5.91 Å².